The zero-order chi connectivity index (χ0) is 10.5. The molecular weight excluding hydrogens is 175 g/mol. The van der Waals surface area contributed by atoms with E-state index in [1.807, 2.05) is 20.8 Å². The second-order valence-corrected chi connectivity index (χ2v) is 4.18. The second-order valence-electron chi connectivity index (χ2n) is 4.18. The molecule has 0 heterocycles. The first-order valence-corrected chi connectivity index (χ1v) is 4.37. The molecule has 0 aliphatic rings. The van der Waals surface area contributed by atoms with Crippen molar-refractivity contribution in [3.63, 3.8) is 0 Å². The zero-order valence-corrected chi connectivity index (χ0v) is 8.51. The minimum atomic E-state index is -1.91. The number of aliphatic hydroxyl groups is 2. The van der Waals surface area contributed by atoms with E-state index in [1.54, 1.807) is 0 Å². The molecule has 0 fully saturated rings. The Bertz CT molecular complexity index is 138. The van der Waals surface area contributed by atoms with Gasteiger partial charge in [0.15, 0.2) is 5.67 Å². The molecule has 0 saturated carbocycles. The lowest BCUT2D eigenvalue weighted by Crippen LogP contribution is -2.35. The van der Waals surface area contributed by atoms with Crippen LogP contribution in [0.1, 0.15) is 27.2 Å². The van der Waals surface area contributed by atoms with Crippen molar-refractivity contribution in [3.8, 4) is 0 Å². The van der Waals surface area contributed by atoms with Crippen LogP contribution in [0.2, 0.25) is 0 Å². The summed E-state index contributed by atoms with van der Waals surface area (Å²) in [6, 6.07) is 0. The van der Waals surface area contributed by atoms with Crippen molar-refractivity contribution in [2.24, 2.45) is 0 Å². The molecule has 13 heavy (non-hydrogen) atoms. The SMILES string of the molecule is CC(C)(C)OCCC(F)(CO)CO. The van der Waals surface area contributed by atoms with E-state index in [9.17, 15) is 4.39 Å². The van der Waals surface area contributed by atoms with Gasteiger partial charge >= 0.3 is 0 Å². The highest BCUT2D eigenvalue weighted by atomic mass is 19.1. The van der Waals surface area contributed by atoms with Gasteiger partial charge in [-0.2, -0.15) is 0 Å². The van der Waals surface area contributed by atoms with Gasteiger partial charge in [-0.25, -0.2) is 4.39 Å². The molecule has 0 saturated heterocycles. The average Bonchev–Trinajstić information content (AvgIpc) is 2.02. The number of halogens is 1. The molecular formula is C9H19FO3. The first-order valence-electron chi connectivity index (χ1n) is 4.37. The van der Waals surface area contributed by atoms with Gasteiger partial charge in [0.1, 0.15) is 0 Å². The van der Waals surface area contributed by atoms with E-state index in [0.717, 1.165) is 0 Å². The van der Waals surface area contributed by atoms with Crippen molar-refractivity contribution >= 4 is 0 Å². The predicted molar refractivity (Wildman–Crippen MR) is 48.3 cm³/mol. The van der Waals surface area contributed by atoms with E-state index in [4.69, 9.17) is 14.9 Å². The number of ether oxygens (including phenoxy) is 1. The van der Waals surface area contributed by atoms with Gasteiger partial charge in [-0.15, -0.1) is 0 Å². The standard InChI is InChI=1S/C9H19FO3/c1-8(2,3)13-5-4-9(10,6-11)7-12/h11-12H,4-7H2,1-3H3. The molecule has 4 heteroatoms. The molecule has 0 aromatic heterocycles. The highest BCUT2D eigenvalue weighted by Crippen LogP contribution is 2.16. The summed E-state index contributed by atoms with van der Waals surface area (Å²) in [5, 5.41) is 17.2. The van der Waals surface area contributed by atoms with Crippen molar-refractivity contribution in [1.29, 1.82) is 0 Å². The molecule has 80 valence electrons. The van der Waals surface area contributed by atoms with E-state index in [-0.39, 0.29) is 18.6 Å². The molecule has 0 aromatic carbocycles. The molecule has 0 aliphatic heterocycles. The Hall–Kier alpha value is -0.190. The maximum Gasteiger partial charge on any atom is 0.158 e. The molecule has 0 rings (SSSR count). The number of alkyl halides is 1. The maximum absolute atomic E-state index is 13.2. The molecule has 0 amide bonds. The Morgan fingerprint density at radius 1 is 1.15 bits per heavy atom. The topological polar surface area (TPSA) is 49.7 Å². The summed E-state index contributed by atoms with van der Waals surface area (Å²) in [4.78, 5) is 0. The monoisotopic (exact) mass is 194 g/mol. The van der Waals surface area contributed by atoms with Gasteiger partial charge in [-0.05, 0) is 20.8 Å². The lowest BCUT2D eigenvalue weighted by Gasteiger charge is -2.24. The van der Waals surface area contributed by atoms with Crippen molar-refractivity contribution < 1.29 is 19.3 Å². The van der Waals surface area contributed by atoms with Crippen LogP contribution >= 0.6 is 0 Å². The Balaban J connectivity index is 3.74. The summed E-state index contributed by atoms with van der Waals surface area (Å²) in [6.45, 7) is 4.45. The average molecular weight is 194 g/mol. The minimum absolute atomic E-state index is 0.0112. The predicted octanol–water partition coefficient (Wildman–Crippen LogP) is 0.884. The summed E-state index contributed by atoms with van der Waals surface area (Å²) in [5.74, 6) is 0. The molecule has 0 bridgehead atoms. The van der Waals surface area contributed by atoms with Crippen LogP contribution in [0.3, 0.4) is 0 Å². The van der Waals surface area contributed by atoms with Crippen LogP contribution in [0.5, 0.6) is 0 Å². The number of rotatable bonds is 5. The lowest BCUT2D eigenvalue weighted by atomic mass is 10.1. The number of aliphatic hydroxyl groups excluding tert-OH is 2. The highest BCUT2D eigenvalue weighted by molar-refractivity contribution is 4.77. The molecule has 0 atom stereocenters. The van der Waals surface area contributed by atoms with Gasteiger partial charge in [0.2, 0.25) is 0 Å². The quantitative estimate of drug-likeness (QED) is 0.683. The van der Waals surface area contributed by atoms with Gasteiger partial charge in [0, 0.05) is 6.42 Å². The molecule has 2 N–H and O–H groups in total. The fraction of sp³-hybridized carbons (Fsp3) is 1.00. The molecule has 0 unspecified atom stereocenters. The third-order valence-corrected chi connectivity index (χ3v) is 1.65. The van der Waals surface area contributed by atoms with E-state index in [2.05, 4.69) is 0 Å². The van der Waals surface area contributed by atoms with Gasteiger partial charge in [-0.3, -0.25) is 0 Å². The summed E-state index contributed by atoms with van der Waals surface area (Å²) in [5.41, 5.74) is -2.23. The Morgan fingerprint density at radius 2 is 1.62 bits per heavy atom. The first kappa shape index (κ1) is 12.8. The number of hydrogen-bond donors (Lipinski definition) is 2. The fourth-order valence-electron chi connectivity index (χ4n) is 0.748. The second kappa shape index (κ2) is 4.88. The molecule has 3 nitrogen and oxygen atoms in total. The van der Waals surface area contributed by atoms with Crippen LogP contribution in [0.4, 0.5) is 4.39 Å². The third-order valence-electron chi connectivity index (χ3n) is 1.65. The van der Waals surface area contributed by atoms with Crippen LogP contribution < -0.4 is 0 Å². The normalized spacial score (nSPS) is 13.4. The van der Waals surface area contributed by atoms with Crippen molar-refractivity contribution in [2.45, 2.75) is 38.5 Å². The van der Waals surface area contributed by atoms with Gasteiger partial charge in [0.05, 0.1) is 25.4 Å². The molecule has 0 radical (unpaired) electrons. The van der Waals surface area contributed by atoms with Crippen LogP contribution in [-0.2, 0) is 4.74 Å². The van der Waals surface area contributed by atoms with Crippen LogP contribution in [0.25, 0.3) is 0 Å². The van der Waals surface area contributed by atoms with Crippen LogP contribution in [0, 0.1) is 0 Å². The summed E-state index contributed by atoms with van der Waals surface area (Å²) in [7, 11) is 0. The van der Waals surface area contributed by atoms with Crippen molar-refractivity contribution in [2.75, 3.05) is 19.8 Å². The van der Waals surface area contributed by atoms with Gasteiger partial charge < -0.3 is 14.9 Å². The minimum Gasteiger partial charge on any atom is -0.393 e. The Kier molecular flexibility index (Phi) is 4.81. The van der Waals surface area contributed by atoms with E-state index >= 15 is 0 Å². The van der Waals surface area contributed by atoms with Gasteiger partial charge in [-0.1, -0.05) is 0 Å². The van der Waals surface area contributed by atoms with Crippen LogP contribution in [0.15, 0.2) is 0 Å². The summed E-state index contributed by atoms with van der Waals surface area (Å²) in [6.07, 6.45) is 0.0112. The van der Waals surface area contributed by atoms with Crippen LogP contribution in [-0.4, -0.2) is 41.3 Å². The lowest BCUT2D eigenvalue weighted by molar-refractivity contribution is -0.0505. The first-order chi connectivity index (χ1) is 5.83. The largest absolute Gasteiger partial charge is 0.393 e. The third kappa shape index (κ3) is 5.96. The van der Waals surface area contributed by atoms with E-state index < -0.39 is 18.9 Å². The van der Waals surface area contributed by atoms with Crippen molar-refractivity contribution in [3.05, 3.63) is 0 Å². The van der Waals surface area contributed by atoms with Crippen molar-refractivity contribution in [1.82, 2.24) is 0 Å². The summed E-state index contributed by atoms with van der Waals surface area (Å²) < 4.78 is 18.5. The smallest absolute Gasteiger partial charge is 0.158 e. The fourth-order valence-corrected chi connectivity index (χ4v) is 0.748. The molecule has 0 spiro atoms. The van der Waals surface area contributed by atoms with E-state index in [1.165, 1.54) is 0 Å². The Morgan fingerprint density at radius 3 is 1.92 bits per heavy atom. The summed E-state index contributed by atoms with van der Waals surface area (Å²) >= 11 is 0. The number of hydrogen-bond acceptors (Lipinski definition) is 3. The molecule has 0 aromatic rings. The van der Waals surface area contributed by atoms with Gasteiger partial charge in [0.25, 0.3) is 0 Å². The molecule has 0 aliphatic carbocycles. The maximum atomic E-state index is 13.2. The van der Waals surface area contributed by atoms with E-state index in [0.29, 0.717) is 0 Å². The highest BCUT2D eigenvalue weighted by Gasteiger charge is 2.28. The Labute approximate surface area is 78.5 Å². The zero-order valence-electron chi connectivity index (χ0n) is 8.51.